The highest BCUT2D eigenvalue weighted by molar-refractivity contribution is 6.08. The number of alkyl halides is 3. The maximum atomic E-state index is 12.7. The Labute approximate surface area is 130 Å². The molecule has 0 aliphatic carbocycles. The third kappa shape index (κ3) is 3.74. The molecule has 23 heavy (non-hydrogen) atoms. The van der Waals surface area contributed by atoms with E-state index in [0.29, 0.717) is 0 Å². The summed E-state index contributed by atoms with van der Waals surface area (Å²) in [7, 11) is 2.77. The molecular formula is C16H14F3NO3. The first-order chi connectivity index (χ1) is 10.9. The summed E-state index contributed by atoms with van der Waals surface area (Å²) in [4.78, 5) is 12.4. The Hall–Kier alpha value is -2.70. The molecule has 7 heteroatoms. The van der Waals surface area contributed by atoms with E-state index in [-0.39, 0.29) is 22.7 Å². The quantitative estimate of drug-likeness (QED) is 0.925. The molecule has 0 atom stereocenters. The molecule has 0 unspecified atom stereocenters. The first-order valence-electron chi connectivity index (χ1n) is 6.56. The molecule has 0 saturated carbocycles. The minimum Gasteiger partial charge on any atom is -0.496 e. The lowest BCUT2D eigenvalue weighted by Gasteiger charge is -2.14. The highest BCUT2D eigenvalue weighted by atomic mass is 19.4. The standard InChI is InChI=1S/C16H14F3NO3/c1-22-12-7-4-8-13(23-2)14(12)15(21)20-11-6-3-5-10(9-11)16(17,18)19/h3-9H,1-2H3,(H,20,21). The Morgan fingerprint density at radius 2 is 1.57 bits per heavy atom. The number of carbonyl (C=O) groups excluding carboxylic acids is 1. The van der Waals surface area contributed by atoms with Crippen LogP contribution in [0.3, 0.4) is 0 Å². The molecule has 2 rings (SSSR count). The summed E-state index contributed by atoms with van der Waals surface area (Å²) in [6.07, 6.45) is -4.48. The number of rotatable bonds is 4. The van der Waals surface area contributed by atoms with Crippen molar-refractivity contribution in [1.82, 2.24) is 0 Å². The zero-order chi connectivity index (χ0) is 17.0. The van der Waals surface area contributed by atoms with Crippen molar-refractivity contribution >= 4 is 11.6 Å². The van der Waals surface area contributed by atoms with Crippen molar-refractivity contribution in [2.45, 2.75) is 6.18 Å². The van der Waals surface area contributed by atoms with Gasteiger partial charge in [0.2, 0.25) is 0 Å². The van der Waals surface area contributed by atoms with Gasteiger partial charge in [-0.25, -0.2) is 0 Å². The van der Waals surface area contributed by atoms with Gasteiger partial charge in [0.15, 0.2) is 0 Å². The van der Waals surface area contributed by atoms with E-state index >= 15 is 0 Å². The summed E-state index contributed by atoms with van der Waals surface area (Å²) in [6.45, 7) is 0. The number of anilines is 1. The number of nitrogens with one attached hydrogen (secondary N) is 1. The number of ether oxygens (including phenoxy) is 2. The van der Waals surface area contributed by atoms with Crippen LogP contribution in [0.4, 0.5) is 18.9 Å². The number of methoxy groups -OCH3 is 2. The zero-order valence-corrected chi connectivity index (χ0v) is 12.4. The summed E-state index contributed by atoms with van der Waals surface area (Å²) in [5.74, 6) is -0.110. The van der Waals surface area contributed by atoms with Gasteiger partial charge in [-0.2, -0.15) is 13.2 Å². The molecule has 0 radical (unpaired) electrons. The fourth-order valence-electron chi connectivity index (χ4n) is 2.04. The van der Waals surface area contributed by atoms with Gasteiger partial charge in [0, 0.05) is 5.69 Å². The molecule has 0 aromatic heterocycles. The highest BCUT2D eigenvalue weighted by Gasteiger charge is 2.30. The largest absolute Gasteiger partial charge is 0.496 e. The van der Waals surface area contributed by atoms with Gasteiger partial charge in [-0.05, 0) is 30.3 Å². The molecule has 1 N–H and O–H groups in total. The molecule has 0 heterocycles. The second-order valence-electron chi connectivity index (χ2n) is 4.57. The van der Waals surface area contributed by atoms with Crippen LogP contribution < -0.4 is 14.8 Å². The van der Waals surface area contributed by atoms with E-state index in [4.69, 9.17) is 9.47 Å². The maximum Gasteiger partial charge on any atom is 0.416 e. The van der Waals surface area contributed by atoms with Crippen LogP contribution in [0.2, 0.25) is 0 Å². The number of halogens is 3. The monoisotopic (exact) mass is 325 g/mol. The smallest absolute Gasteiger partial charge is 0.416 e. The Bertz CT molecular complexity index is 692. The Morgan fingerprint density at radius 3 is 2.09 bits per heavy atom. The molecule has 2 aromatic rings. The van der Waals surface area contributed by atoms with Gasteiger partial charge in [-0.1, -0.05) is 12.1 Å². The Balaban J connectivity index is 2.33. The van der Waals surface area contributed by atoms with E-state index in [1.165, 1.54) is 26.4 Å². The predicted octanol–water partition coefficient (Wildman–Crippen LogP) is 3.97. The number of benzene rings is 2. The molecule has 0 spiro atoms. The van der Waals surface area contributed by atoms with Crippen molar-refractivity contribution < 1.29 is 27.4 Å². The third-order valence-electron chi connectivity index (χ3n) is 3.10. The Kier molecular flexibility index (Phi) is 4.78. The molecule has 4 nitrogen and oxygen atoms in total. The van der Waals surface area contributed by atoms with E-state index in [0.717, 1.165) is 12.1 Å². The van der Waals surface area contributed by atoms with Gasteiger partial charge >= 0.3 is 6.18 Å². The number of carbonyl (C=O) groups is 1. The van der Waals surface area contributed by atoms with Crippen molar-refractivity contribution in [2.24, 2.45) is 0 Å². The van der Waals surface area contributed by atoms with Crippen molar-refractivity contribution in [3.8, 4) is 11.5 Å². The first-order valence-corrected chi connectivity index (χ1v) is 6.56. The molecule has 1 amide bonds. The van der Waals surface area contributed by atoms with Crippen LogP contribution in [0.15, 0.2) is 42.5 Å². The van der Waals surface area contributed by atoms with Crippen LogP contribution in [0, 0.1) is 0 Å². The topological polar surface area (TPSA) is 47.6 Å². The van der Waals surface area contributed by atoms with Crippen LogP contribution in [0.5, 0.6) is 11.5 Å². The third-order valence-corrected chi connectivity index (χ3v) is 3.10. The van der Waals surface area contributed by atoms with Gasteiger partial charge in [0.1, 0.15) is 17.1 Å². The lowest BCUT2D eigenvalue weighted by molar-refractivity contribution is -0.137. The normalized spacial score (nSPS) is 11.0. The van der Waals surface area contributed by atoms with E-state index in [9.17, 15) is 18.0 Å². The molecule has 0 aliphatic rings. The Morgan fingerprint density at radius 1 is 1.00 bits per heavy atom. The zero-order valence-electron chi connectivity index (χ0n) is 12.4. The summed E-state index contributed by atoms with van der Waals surface area (Å²) in [6, 6.07) is 9.14. The van der Waals surface area contributed by atoms with E-state index in [2.05, 4.69) is 5.32 Å². The molecular weight excluding hydrogens is 311 g/mol. The molecule has 0 fully saturated rings. The summed E-state index contributed by atoms with van der Waals surface area (Å²) in [5, 5.41) is 2.42. The minimum atomic E-state index is -4.48. The fourth-order valence-corrected chi connectivity index (χ4v) is 2.04. The molecule has 0 bridgehead atoms. The van der Waals surface area contributed by atoms with Crippen LogP contribution in [-0.2, 0) is 6.18 Å². The average molecular weight is 325 g/mol. The van der Waals surface area contributed by atoms with Crippen molar-refractivity contribution in [2.75, 3.05) is 19.5 Å². The van der Waals surface area contributed by atoms with E-state index in [1.807, 2.05) is 0 Å². The predicted molar refractivity (Wildman–Crippen MR) is 78.9 cm³/mol. The van der Waals surface area contributed by atoms with Crippen molar-refractivity contribution in [1.29, 1.82) is 0 Å². The van der Waals surface area contributed by atoms with Gasteiger partial charge in [0.25, 0.3) is 5.91 Å². The van der Waals surface area contributed by atoms with Gasteiger partial charge < -0.3 is 14.8 Å². The average Bonchev–Trinajstić information content (AvgIpc) is 2.53. The maximum absolute atomic E-state index is 12.7. The second-order valence-corrected chi connectivity index (χ2v) is 4.57. The van der Waals surface area contributed by atoms with Crippen LogP contribution >= 0.6 is 0 Å². The molecule has 2 aromatic carbocycles. The van der Waals surface area contributed by atoms with Crippen molar-refractivity contribution in [3.05, 3.63) is 53.6 Å². The molecule has 122 valence electrons. The van der Waals surface area contributed by atoms with Crippen LogP contribution in [0.25, 0.3) is 0 Å². The van der Waals surface area contributed by atoms with Crippen LogP contribution in [0.1, 0.15) is 15.9 Å². The van der Waals surface area contributed by atoms with Crippen LogP contribution in [-0.4, -0.2) is 20.1 Å². The van der Waals surface area contributed by atoms with E-state index in [1.54, 1.807) is 18.2 Å². The summed E-state index contributed by atoms with van der Waals surface area (Å²) < 4.78 is 48.3. The van der Waals surface area contributed by atoms with Gasteiger partial charge in [0.05, 0.1) is 19.8 Å². The van der Waals surface area contributed by atoms with Gasteiger partial charge in [-0.15, -0.1) is 0 Å². The van der Waals surface area contributed by atoms with Gasteiger partial charge in [-0.3, -0.25) is 4.79 Å². The summed E-state index contributed by atoms with van der Waals surface area (Å²) >= 11 is 0. The number of amides is 1. The van der Waals surface area contributed by atoms with Crippen molar-refractivity contribution in [3.63, 3.8) is 0 Å². The molecule has 0 aliphatic heterocycles. The SMILES string of the molecule is COc1cccc(OC)c1C(=O)Nc1cccc(C(F)(F)F)c1. The minimum absolute atomic E-state index is 0.0257. The number of hydrogen-bond acceptors (Lipinski definition) is 3. The lowest BCUT2D eigenvalue weighted by Crippen LogP contribution is -2.15. The fraction of sp³-hybridized carbons (Fsp3) is 0.188. The second kappa shape index (κ2) is 6.60. The first kappa shape index (κ1) is 16.7. The number of hydrogen-bond donors (Lipinski definition) is 1. The summed E-state index contributed by atoms with van der Waals surface area (Å²) in [5.41, 5.74) is -0.713. The molecule has 0 saturated heterocycles. The highest BCUT2D eigenvalue weighted by Crippen LogP contribution is 2.32. The lowest BCUT2D eigenvalue weighted by atomic mass is 10.1. The van der Waals surface area contributed by atoms with E-state index < -0.39 is 17.6 Å².